The average molecular weight is 482 g/mol. The molecule has 3 aromatic rings. The number of hydrogen-bond donors (Lipinski definition) is 1. The van der Waals surface area contributed by atoms with Crippen molar-refractivity contribution >= 4 is 33.2 Å². The van der Waals surface area contributed by atoms with Crippen LogP contribution in [0.25, 0.3) is 0 Å². The normalized spacial score (nSPS) is 15.7. The molecule has 1 N–H and O–H groups in total. The molecule has 1 aliphatic rings. The molecular weight excluding hydrogens is 462 g/mol. The van der Waals surface area contributed by atoms with E-state index in [1.165, 1.54) is 12.1 Å². The number of sulfonamides is 1. The SMILES string of the molecule is CC1Oc2ccc(NS(=O)(=O)c3ccccc3C#N)cc2CN(Cc2ccc(Cl)cc2)C1=O. The lowest BCUT2D eigenvalue weighted by Gasteiger charge is -2.22. The van der Waals surface area contributed by atoms with Gasteiger partial charge >= 0.3 is 0 Å². The Kier molecular flexibility index (Phi) is 6.27. The summed E-state index contributed by atoms with van der Waals surface area (Å²) >= 11 is 5.96. The van der Waals surface area contributed by atoms with Crippen molar-refractivity contribution in [2.75, 3.05) is 4.72 Å². The second kappa shape index (κ2) is 9.14. The molecule has 7 nitrogen and oxygen atoms in total. The van der Waals surface area contributed by atoms with E-state index in [0.717, 1.165) is 5.56 Å². The van der Waals surface area contributed by atoms with Crippen LogP contribution in [0.2, 0.25) is 5.02 Å². The maximum atomic E-state index is 12.9. The molecule has 0 aromatic heterocycles. The Morgan fingerprint density at radius 1 is 1.15 bits per heavy atom. The quantitative estimate of drug-likeness (QED) is 0.585. The van der Waals surface area contributed by atoms with Gasteiger partial charge in [0.25, 0.3) is 15.9 Å². The van der Waals surface area contributed by atoms with Crippen LogP contribution in [0.1, 0.15) is 23.6 Å². The molecule has 0 spiro atoms. The number of anilines is 1. The van der Waals surface area contributed by atoms with Gasteiger partial charge in [-0.3, -0.25) is 9.52 Å². The summed E-state index contributed by atoms with van der Waals surface area (Å²) in [5.74, 6) is 0.334. The number of carbonyl (C=O) groups is 1. The molecule has 4 rings (SSSR count). The number of rotatable bonds is 5. The Labute approximate surface area is 197 Å². The van der Waals surface area contributed by atoms with Crippen molar-refractivity contribution in [3.8, 4) is 11.8 Å². The van der Waals surface area contributed by atoms with E-state index in [4.69, 9.17) is 16.3 Å². The van der Waals surface area contributed by atoms with Crippen LogP contribution < -0.4 is 9.46 Å². The Balaban J connectivity index is 1.62. The summed E-state index contributed by atoms with van der Waals surface area (Å²) in [5, 5.41) is 9.86. The predicted molar refractivity (Wildman–Crippen MR) is 124 cm³/mol. The van der Waals surface area contributed by atoms with Crippen LogP contribution in [-0.2, 0) is 27.9 Å². The molecule has 1 aliphatic heterocycles. The van der Waals surface area contributed by atoms with Crippen LogP contribution in [-0.4, -0.2) is 25.3 Å². The van der Waals surface area contributed by atoms with Gasteiger partial charge in [0, 0.05) is 29.4 Å². The highest BCUT2D eigenvalue weighted by Gasteiger charge is 2.28. The molecule has 33 heavy (non-hydrogen) atoms. The number of hydrogen-bond acceptors (Lipinski definition) is 5. The van der Waals surface area contributed by atoms with Crippen LogP contribution in [0, 0.1) is 11.3 Å². The van der Waals surface area contributed by atoms with Gasteiger partial charge in [0.05, 0.1) is 5.56 Å². The number of fused-ring (bicyclic) bond motifs is 1. The second-order valence-electron chi connectivity index (χ2n) is 7.62. The number of nitrogens with zero attached hydrogens (tertiary/aromatic N) is 2. The van der Waals surface area contributed by atoms with Crippen molar-refractivity contribution in [2.45, 2.75) is 31.0 Å². The lowest BCUT2D eigenvalue weighted by molar-refractivity contribution is -0.138. The summed E-state index contributed by atoms with van der Waals surface area (Å²) in [7, 11) is -3.99. The molecule has 0 aliphatic carbocycles. The van der Waals surface area contributed by atoms with Gasteiger partial charge in [0.15, 0.2) is 6.10 Å². The molecule has 0 saturated heterocycles. The van der Waals surface area contributed by atoms with E-state index in [2.05, 4.69) is 4.72 Å². The van der Waals surface area contributed by atoms with E-state index >= 15 is 0 Å². The monoisotopic (exact) mass is 481 g/mol. The van der Waals surface area contributed by atoms with E-state index in [1.807, 2.05) is 18.2 Å². The fourth-order valence-corrected chi connectivity index (χ4v) is 4.94. The number of amides is 1. The minimum Gasteiger partial charge on any atom is -0.481 e. The van der Waals surface area contributed by atoms with Gasteiger partial charge in [-0.15, -0.1) is 0 Å². The summed E-state index contributed by atoms with van der Waals surface area (Å²) in [5.41, 5.74) is 1.93. The van der Waals surface area contributed by atoms with Crippen molar-refractivity contribution in [1.29, 1.82) is 5.26 Å². The van der Waals surface area contributed by atoms with E-state index in [-0.39, 0.29) is 22.9 Å². The van der Waals surface area contributed by atoms with Crippen LogP contribution in [0.5, 0.6) is 5.75 Å². The van der Waals surface area contributed by atoms with Crippen molar-refractivity contribution in [1.82, 2.24) is 4.90 Å². The Morgan fingerprint density at radius 3 is 2.61 bits per heavy atom. The van der Waals surface area contributed by atoms with Crippen molar-refractivity contribution in [2.24, 2.45) is 0 Å². The number of nitrogens with one attached hydrogen (secondary N) is 1. The van der Waals surface area contributed by atoms with Crippen molar-refractivity contribution in [3.05, 3.63) is 88.4 Å². The van der Waals surface area contributed by atoms with E-state index in [9.17, 15) is 18.5 Å². The third-order valence-electron chi connectivity index (χ3n) is 5.22. The first-order valence-electron chi connectivity index (χ1n) is 10.1. The summed E-state index contributed by atoms with van der Waals surface area (Å²) in [6.45, 7) is 2.28. The summed E-state index contributed by atoms with van der Waals surface area (Å²) < 4.78 is 34.1. The fourth-order valence-electron chi connectivity index (χ4n) is 3.61. The highest BCUT2D eigenvalue weighted by molar-refractivity contribution is 7.92. The van der Waals surface area contributed by atoms with E-state index in [0.29, 0.717) is 28.6 Å². The minimum atomic E-state index is -3.99. The third-order valence-corrected chi connectivity index (χ3v) is 6.91. The largest absolute Gasteiger partial charge is 0.481 e. The smallest absolute Gasteiger partial charge is 0.263 e. The number of ether oxygens (including phenoxy) is 1. The maximum absolute atomic E-state index is 12.9. The van der Waals surface area contributed by atoms with Gasteiger partial charge < -0.3 is 9.64 Å². The summed E-state index contributed by atoms with van der Waals surface area (Å²) in [6, 6.07) is 20.0. The zero-order valence-electron chi connectivity index (χ0n) is 17.7. The van der Waals surface area contributed by atoms with Gasteiger partial charge in [0.2, 0.25) is 0 Å². The fraction of sp³-hybridized carbons (Fsp3) is 0.167. The molecule has 1 amide bonds. The first kappa shape index (κ1) is 22.6. The van der Waals surface area contributed by atoms with Crippen LogP contribution >= 0.6 is 11.6 Å². The predicted octanol–water partition coefficient (Wildman–Crippen LogP) is 4.32. The first-order valence-corrected chi connectivity index (χ1v) is 12.0. The standard InChI is InChI=1S/C24H20ClN3O4S/c1-16-24(29)28(14-17-6-8-20(25)9-7-17)15-19-12-21(10-11-22(19)32-16)27-33(30,31)23-5-3-2-4-18(23)13-26/h2-12,16,27H,14-15H2,1H3. The third kappa shape index (κ3) is 4.95. The molecule has 0 fully saturated rings. The lowest BCUT2D eigenvalue weighted by Crippen LogP contribution is -2.37. The van der Waals surface area contributed by atoms with Gasteiger partial charge in [-0.25, -0.2) is 8.42 Å². The second-order valence-corrected chi connectivity index (χ2v) is 9.70. The van der Waals surface area contributed by atoms with Crippen molar-refractivity contribution < 1.29 is 17.9 Å². The van der Waals surface area contributed by atoms with Crippen LogP contribution in [0.3, 0.4) is 0 Å². The zero-order valence-corrected chi connectivity index (χ0v) is 19.2. The Bertz CT molecular complexity index is 1350. The number of nitriles is 1. The molecule has 0 radical (unpaired) electrons. The zero-order chi connectivity index (χ0) is 23.6. The van der Waals surface area contributed by atoms with E-state index < -0.39 is 16.1 Å². The number of carbonyl (C=O) groups excluding carboxylic acids is 1. The van der Waals surface area contributed by atoms with Crippen molar-refractivity contribution in [3.63, 3.8) is 0 Å². The average Bonchev–Trinajstić information content (AvgIpc) is 2.91. The topological polar surface area (TPSA) is 99.5 Å². The van der Waals surface area contributed by atoms with Crippen LogP contribution in [0.4, 0.5) is 5.69 Å². The molecule has 1 atom stereocenters. The maximum Gasteiger partial charge on any atom is 0.263 e. The molecule has 0 saturated carbocycles. The molecule has 0 bridgehead atoms. The van der Waals surface area contributed by atoms with Crippen LogP contribution in [0.15, 0.2) is 71.6 Å². The van der Waals surface area contributed by atoms with Gasteiger partial charge in [-0.05, 0) is 55.0 Å². The Hall–Kier alpha value is -3.54. The molecule has 1 unspecified atom stereocenters. The number of benzene rings is 3. The van der Waals surface area contributed by atoms with Gasteiger partial charge in [-0.2, -0.15) is 5.26 Å². The molecule has 1 heterocycles. The highest BCUT2D eigenvalue weighted by atomic mass is 35.5. The summed E-state index contributed by atoms with van der Waals surface area (Å²) in [4.78, 5) is 14.4. The highest BCUT2D eigenvalue weighted by Crippen LogP contribution is 2.30. The molecular formula is C24H20ClN3O4S. The van der Waals surface area contributed by atoms with E-state index in [1.54, 1.807) is 54.3 Å². The Morgan fingerprint density at radius 2 is 1.88 bits per heavy atom. The number of halogens is 1. The summed E-state index contributed by atoms with van der Waals surface area (Å²) in [6.07, 6.45) is -0.691. The van der Waals surface area contributed by atoms with Gasteiger partial charge in [-0.1, -0.05) is 35.9 Å². The molecule has 168 valence electrons. The first-order chi connectivity index (χ1) is 15.8. The minimum absolute atomic E-state index is 0.0525. The molecule has 3 aromatic carbocycles. The lowest BCUT2D eigenvalue weighted by atomic mass is 10.1. The van der Waals surface area contributed by atoms with Gasteiger partial charge in [0.1, 0.15) is 16.7 Å². The molecule has 9 heteroatoms.